The number of nitrogens with one attached hydrogen (secondary N) is 1. The molecule has 114 valence electrons. The topological polar surface area (TPSA) is 76.2 Å². The van der Waals surface area contributed by atoms with E-state index >= 15 is 0 Å². The Hall–Kier alpha value is -1.66. The number of pyridine rings is 1. The van der Waals surface area contributed by atoms with E-state index in [9.17, 15) is 13.2 Å². The molecule has 0 aliphatic heterocycles. The first-order valence-electron chi connectivity index (χ1n) is 6.90. The number of rotatable bonds is 7. The molecule has 6 heteroatoms. The number of H-pyrrole nitrogens is 1. The molecule has 1 heterocycles. The zero-order valence-electron chi connectivity index (χ0n) is 12.0. The summed E-state index contributed by atoms with van der Waals surface area (Å²) >= 11 is 0. The van der Waals surface area contributed by atoms with Crippen LogP contribution in [0.25, 0.3) is 10.9 Å². The van der Waals surface area contributed by atoms with Crippen LogP contribution < -0.4 is 5.56 Å². The third-order valence-electron chi connectivity index (χ3n) is 3.20. The summed E-state index contributed by atoms with van der Waals surface area (Å²) in [4.78, 5) is 14.1. The Morgan fingerprint density at radius 3 is 2.62 bits per heavy atom. The Morgan fingerprint density at radius 1 is 1.10 bits per heavy atom. The second kappa shape index (κ2) is 6.87. The third-order valence-corrected chi connectivity index (χ3v) is 3.79. The summed E-state index contributed by atoms with van der Waals surface area (Å²) in [5, 5.41) is 1.01. The first-order chi connectivity index (χ1) is 9.94. The fourth-order valence-electron chi connectivity index (χ4n) is 2.17. The van der Waals surface area contributed by atoms with Crippen LogP contribution in [0, 0.1) is 0 Å². The van der Waals surface area contributed by atoms with Crippen molar-refractivity contribution in [2.45, 2.75) is 25.7 Å². The van der Waals surface area contributed by atoms with E-state index < -0.39 is 10.1 Å². The van der Waals surface area contributed by atoms with E-state index in [0.29, 0.717) is 0 Å². The quantitative estimate of drug-likeness (QED) is 0.628. The van der Waals surface area contributed by atoms with E-state index in [1.165, 1.54) is 6.07 Å². The van der Waals surface area contributed by atoms with E-state index in [0.717, 1.165) is 48.4 Å². The lowest BCUT2D eigenvalue weighted by molar-refractivity contribution is 0.310. The lowest BCUT2D eigenvalue weighted by Crippen LogP contribution is -2.04. The van der Waals surface area contributed by atoms with Crippen LogP contribution in [0.1, 0.15) is 24.8 Å². The summed E-state index contributed by atoms with van der Waals surface area (Å²) in [5.41, 5.74) is 1.91. The molecular weight excluding hydrogens is 290 g/mol. The molecule has 0 aliphatic carbocycles. The Balaban J connectivity index is 1.82. The number of fused-ring (bicyclic) bond motifs is 1. The highest BCUT2D eigenvalue weighted by Crippen LogP contribution is 2.14. The van der Waals surface area contributed by atoms with Gasteiger partial charge < -0.3 is 4.98 Å². The average Bonchev–Trinajstić information content (AvgIpc) is 2.41. The predicted molar refractivity (Wildman–Crippen MR) is 82.9 cm³/mol. The maximum absolute atomic E-state index is 11.3. The van der Waals surface area contributed by atoms with Crippen molar-refractivity contribution in [2.24, 2.45) is 0 Å². The van der Waals surface area contributed by atoms with Crippen LogP contribution in [0.15, 0.2) is 35.1 Å². The molecule has 0 bridgehead atoms. The van der Waals surface area contributed by atoms with Crippen molar-refractivity contribution in [1.82, 2.24) is 4.98 Å². The summed E-state index contributed by atoms with van der Waals surface area (Å²) in [5.74, 6) is 0. The number of benzene rings is 1. The second-order valence-corrected chi connectivity index (χ2v) is 6.72. The van der Waals surface area contributed by atoms with Gasteiger partial charge in [0.05, 0.1) is 12.9 Å². The molecule has 0 saturated carbocycles. The van der Waals surface area contributed by atoms with E-state index in [4.69, 9.17) is 0 Å². The smallest absolute Gasteiger partial charge is 0.264 e. The van der Waals surface area contributed by atoms with Gasteiger partial charge in [-0.15, -0.1) is 0 Å². The molecule has 0 atom stereocenters. The van der Waals surface area contributed by atoms with Gasteiger partial charge in [0, 0.05) is 11.6 Å². The van der Waals surface area contributed by atoms with Crippen LogP contribution in [0.5, 0.6) is 0 Å². The van der Waals surface area contributed by atoms with Gasteiger partial charge in [-0.25, -0.2) is 0 Å². The molecule has 0 spiro atoms. The lowest BCUT2D eigenvalue weighted by Gasteiger charge is -2.04. The fraction of sp³-hybridized carbons (Fsp3) is 0.400. The molecule has 2 rings (SSSR count). The van der Waals surface area contributed by atoms with Gasteiger partial charge in [0.25, 0.3) is 10.1 Å². The van der Waals surface area contributed by atoms with Crippen molar-refractivity contribution >= 4 is 21.0 Å². The van der Waals surface area contributed by atoms with E-state index in [1.54, 1.807) is 6.07 Å². The zero-order chi connectivity index (χ0) is 15.3. The molecule has 0 unspecified atom stereocenters. The van der Waals surface area contributed by atoms with E-state index in [-0.39, 0.29) is 12.2 Å². The third kappa shape index (κ3) is 5.32. The van der Waals surface area contributed by atoms with Gasteiger partial charge in [-0.2, -0.15) is 8.42 Å². The van der Waals surface area contributed by atoms with Crippen LogP contribution in [-0.4, -0.2) is 26.3 Å². The number of unbranched alkanes of at least 4 members (excludes halogenated alkanes) is 2. The minimum atomic E-state index is -3.33. The van der Waals surface area contributed by atoms with Crippen LogP contribution >= 0.6 is 0 Å². The number of aryl methyl sites for hydroxylation is 1. The first-order valence-corrected chi connectivity index (χ1v) is 8.72. The fourth-order valence-corrected chi connectivity index (χ4v) is 2.59. The molecule has 1 aromatic carbocycles. The Kier molecular flexibility index (Phi) is 5.14. The molecule has 0 fully saturated rings. The molecule has 0 radical (unpaired) electrons. The molecule has 0 amide bonds. The Bertz CT molecular complexity index is 765. The molecular formula is C15H19NO4S. The van der Waals surface area contributed by atoms with Gasteiger partial charge in [-0.3, -0.25) is 8.98 Å². The van der Waals surface area contributed by atoms with Gasteiger partial charge >= 0.3 is 0 Å². The highest BCUT2D eigenvalue weighted by Gasteiger charge is 2.01. The van der Waals surface area contributed by atoms with Crippen LogP contribution in [0.2, 0.25) is 0 Å². The van der Waals surface area contributed by atoms with Crippen molar-refractivity contribution < 1.29 is 12.6 Å². The van der Waals surface area contributed by atoms with Crippen LogP contribution in [0.4, 0.5) is 0 Å². The van der Waals surface area contributed by atoms with Gasteiger partial charge in [-0.05, 0) is 42.3 Å². The molecule has 1 aromatic heterocycles. The maximum Gasteiger partial charge on any atom is 0.264 e. The SMILES string of the molecule is CS(=O)(=O)OCCCCCc1ccc2ccc(=O)[nH]c2c1. The number of aromatic amines is 1. The van der Waals surface area contributed by atoms with Crippen molar-refractivity contribution in [3.63, 3.8) is 0 Å². The largest absolute Gasteiger partial charge is 0.322 e. The van der Waals surface area contributed by atoms with Gasteiger partial charge in [-0.1, -0.05) is 18.6 Å². The predicted octanol–water partition coefficient (Wildman–Crippen LogP) is 2.22. The molecule has 2 aromatic rings. The first kappa shape index (κ1) is 15.7. The van der Waals surface area contributed by atoms with Crippen molar-refractivity contribution in [3.8, 4) is 0 Å². The highest BCUT2D eigenvalue weighted by molar-refractivity contribution is 7.85. The molecule has 0 saturated heterocycles. The molecule has 0 aliphatic rings. The Labute approximate surface area is 124 Å². The average molecular weight is 309 g/mol. The summed E-state index contributed by atoms with van der Waals surface area (Å²) in [6, 6.07) is 9.36. The van der Waals surface area contributed by atoms with Crippen LogP contribution in [0.3, 0.4) is 0 Å². The lowest BCUT2D eigenvalue weighted by atomic mass is 10.1. The van der Waals surface area contributed by atoms with E-state index in [2.05, 4.69) is 9.17 Å². The maximum atomic E-state index is 11.3. The normalized spacial score (nSPS) is 11.9. The van der Waals surface area contributed by atoms with Crippen molar-refractivity contribution in [2.75, 3.05) is 12.9 Å². The van der Waals surface area contributed by atoms with E-state index in [1.807, 2.05) is 18.2 Å². The minimum Gasteiger partial charge on any atom is -0.322 e. The number of hydrogen-bond donors (Lipinski definition) is 1. The van der Waals surface area contributed by atoms with Crippen molar-refractivity contribution in [3.05, 3.63) is 46.2 Å². The molecule has 5 nitrogen and oxygen atoms in total. The Morgan fingerprint density at radius 2 is 1.86 bits per heavy atom. The summed E-state index contributed by atoms with van der Waals surface area (Å²) in [6.07, 6.45) is 4.53. The highest BCUT2D eigenvalue weighted by atomic mass is 32.2. The molecule has 1 N–H and O–H groups in total. The van der Waals surface area contributed by atoms with Gasteiger partial charge in [0.15, 0.2) is 0 Å². The van der Waals surface area contributed by atoms with Crippen LogP contribution in [-0.2, 0) is 20.7 Å². The van der Waals surface area contributed by atoms with Gasteiger partial charge in [0.2, 0.25) is 5.56 Å². The van der Waals surface area contributed by atoms with Crippen molar-refractivity contribution in [1.29, 1.82) is 0 Å². The summed E-state index contributed by atoms with van der Waals surface area (Å²) in [7, 11) is -3.33. The summed E-state index contributed by atoms with van der Waals surface area (Å²) in [6.45, 7) is 0.240. The monoisotopic (exact) mass is 309 g/mol. The zero-order valence-corrected chi connectivity index (χ0v) is 12.8. The molecule has 21 heavy (non-hydrogen) atoms. The minimum absolute atomic E-state index is 0.0995. The second-order valence-electron chi connectivity index (χ2n) is 5.08. The standard InChI is InChI=1S/C15H19NO4S/c1-21(18,19)20-10-4-2-3-5-12-6-7-13-8-9-15(17)16-14(13)11-12/h6-9,11H,2-5,10H2,1H3,(H,16,17). The summed E-state index contributed by atoms with van der Waals surface area (Å²) < 4.78 is 26.3. The number of aromatic nitrogens is 1. The van der Waals surface area contributed by atoms with Gasteiger partial charge in [0.1, 0.15) is 0 Å². The number of hydrogen-bond acceptors (Lipinski definition) is 4.